The summed E-state index contributed by atoms with van der Waals surface area (Å²) < 4.78 is 0. The third-order valence-corrected chi connectivity index (χ3v) is 2.01. The molecule has 0 aliphatic rings. The molecule has 0 rings (SSSR count). The number of Topliss-reactive ketones (excluding diaryl/α,β-unsaturated/α-hetero) is 1. The Morgan fingerprint density at radius 1 is 1.73 bits per heavy atom. The Hall–Kier alpha value is -0.510. The lowest BCUT2D eigenvalue weighted by Gasteiger charge is -2.10. The molecule has 0 saturated carbocycles. The van der Waals surface area contributed by atoms with Gasteiger partial charge in [0.25, 0.3) is 0 Å². The Morgan fingerprint density at radius 3 is 2.73 bits per heavy atom. The molecule has 1 amide bonds. The van der Waals surface area contributed by atoms with Gasteiger partial charge in [-0.25, -0.2) is 0 Å². The van der Waals surface area contributed by atoms with Gasteiger partial charge in [0.05, 0.1) is 6.04 Å². The molecule has 0 saturated heterocycles. The molecule has 0 aliphatic heterocycles. The average Bonchev–Trinajstić information content (AvgIpc) is 1.97. The minimum absolute atomic E-state index is 0.0196. The summed E-state index contributed by atoms with van der Waals surface area (Å²) in [7, 11) is 0. The molecule has 0 radical (unpaired) electrons. The second kappa shape index (κ2) is 6.22. The van der Waals surface area contributed by atoms with E-state index in [-0.39, 0.29) is 11.8 Å². The minimum Gasteiger partial charge on any atom is -0.349 e. The van der Waals surface area contributed by atoms with Crippen molar-refractivity contribution < 1.29 is 9.59 Å². The summed E-state index contributed by atoms with van der Waals surface area (Å²) in [6.45, 7) is 1.49. The predicted molar refractivity (Wildman–Crippen MR) is 46.7 cm³/mol. The Kier molecular flexibility index (Phi) is 5.93. The molecular formula is C7H13NO2S. The Balaban J connectivity index is 3.69. The number of hydrogen-bond acceptors (Lipinski definition) is 3. The van der Waals surface area contributed by atoms with Gasteiger partial charge >= 0.3 is 0 Å². The van der Waals surface area contributed by atoms with Crippen LogP contribution in [-0.4, -0.2) is 30.2 Å². The first-order chi connectivity index (χ1) is 5.22. The molecule has 1 atom stereocenters. The normalized spacial score (nSPS) is 12.2. The van der Waals surface area contributed by atoms with Crippen LogP contribution in [0, 0.1) is 0 Å². The summed E-state index contributed by atoms with van der Waals surface area (Å²) in [5.74, 6) is 0.914. The molecular weight excluding hydrogens is 162 g/mol. The third kappa shape index (κ3) is 4.84. The molecule has 0 spiro atoms. The van der Waals surface area contributed by atoms with Crippen LogP contribution >= 0.6 is 11.8 Å². The third-order valence-electron chi connectivity index (χ3n) is 1.37. The van der Waals surface area contributed by atoms with E-state index in [0.717, 1.165) is 12.2 Å². The van der Waals surface area contributed by atoms with E-state index >= 15 is 0 Å². The molecule has 64 valence electrons. The summed E-state index contributed by atoms with van der Waals surface area (Å²) >= 11 is 1.67. The lowest BCUT2D eigenvalue weighted by atomic mass is 10.1. The van der Waals surface area contributed by atoms with Crippen LogP contribution < -0.4 is 5.32 Å². The number of nitrogens with one attached hydrogen (secondary N) is 1. The van der Waals surface area contributed by atoms with Gasteiger partial charge in [-0.05, 0) is 25.4 Å². The molecule has 0 aromatic rings. The first-order valence-electron chi connectivity index (χ1n) is 3.41. The van der Waals surface area contributed by atoms with Crippen LogP contribution in [0.15, 0.2) is 0 Å². The summed E-state index contributed by atoms with van der Waals surface area (Å²) in [5, 5.41) is 2.47. The maximum absolute atomic E-state index is 10.8. The lowest BCUT2D eigenvalue weighted by molar-refractivity contribution is -0.121. The van der Waals surface area contributed by atoms with E-state index < -0.39 is 0 Å². The number of ketones is 1. The zero-order valence-corrected chi connectivity index (χ0v) is 7.61. The van der Waals surface area contributed by atoms with E-state index in [1.165, 1.54) is 6.92 Å². The van der Waals surface area contributed by atoms with E-state index in [1.54, 1.807) is 11.8 Å². The van der Waals surface area contributed by atoms with Crippen LogP contribution in [0.5, 0.6) is 0 Å². The van der Waals surface area contributed by atoms with Gasteiger partial charge in [-0.15, -0.1) is 0 Å². The first-order valence-corrected chi connectivity index (χ1v) is 4.80. The molecule has 0 bridgehead atoms. The summed E-state index contributed by atoms with van der Waals surface area (Å²) in [4.78, 5) is 20.8. The number of amides is 1. The number of carbonyl (C=O) groups excluding carboxylic acids is 2. The highest BCUT2D eigenvalue weighted by Gasteiger charge is 2.10. The van der Waals surface area contributed by atoms with Crippen LogP contribution in [0.4, 0.5) is 0 Å². The van der Waals surface area contributed by atoms with Gasteiger partial charge < -0.3 is 5.32 Å². The fraction of sp³-hybridized carbons (Fsp3) is 0.714. The molecule has 4 heteroatoms. The van der Waals surface area contributed by atoms with Gasteiger partial charge in [0, 0.05) is 0 Å². The molecule has 3 nitrogen and oxygen atoms in total. The molecule has 11 heavy (non-hydrogen) atoms. The SMILES string of the molecule is CSCCC(NC=O)C(C)=O. The number of carbonyl (C=O) groups is 2. The molecule has 1 unspecified atom stereocenters. The van der Waals surface area contributed by atoms with Crippen LogP contribution in [0.2, 0.25) is 0 Å². The summed E-state index contributed by atoms with van der Waals surface area (Å²) in [6.07, 6.45) is 3.26. The van der Waals surface area contributed by atoms with Crippen molar-refractivity contribution in [1.82, 2.24) is 5.32 Å². The molecule has 0 fully saturated rings. The van der Waals surface area contributed by atoms with E-state index in [2.05, 4.69) is 5.32 Å². The molecule has 1 N–H and O–H groups in total. The van der Waals surface area contributed by atoms with Gasteiger partial charge in [0.15, 0.2) is 5.78 Å². The number of thioether (sulfide) groups is 1. The highest BCUT2D eigenvalue weighted by atomic mass is 32.2. The van der Waals surface area contributed by atoms with Crippen molar-refractivity contribution >= 4 is 24.0 Å². The van der Waals surface area contributed by atoms with Gasteiger partial charge in [0.2, 0.25) is 6.41 Å². The summed E-state index contributed by atoms with van der Waals surface area (Å²) in [5.41, 5.74) is 0. The van der Waals surface area contributed by atoms with Crippen molar-refractivity contribution in [3.63, 3.8) is 0 Å². The van der Waals surface area contributed by atoms with E-state index in [0.29, 0.717) is 6.41 Å². The van der Waals surface area contributed by atoms with Gasteiger partial charge in [0.1, 0.15) is 0 Å². The zero-order valence-electron chi connectivity index (χ0n) is 6.79. The van der Waals surface area contributed by atoms with Crippen LogP contribution in [0.1, 0.15) is 13.3 Å². The Labute approximate surface area is 70.9 Å². The topological polar surface area (TPSA) is 46.2 Å². The van der Waals surface area contributed by atoms with Crippen LogP contribution in [0.25, 0.3) is 0 Å². The fourth-order valence-electron chi connectivity index (χ4n) is 0.722. The Bertz CT molecular complexity index is 138. The van der Waals surface area contributed by atoms with E-state index in [4.69, 9.17) is 0 Å². The monoisotopic (exact) mass is 175 g/mol. The standard InChI is InChI=1S/C7H13NO2S/c1-6(10)7(8-5-9)3-4-11-2/h5,7H,3-4H2,1-2H3,(H,8,9). The molecule has 0 aromatic heterocycles. The van der Waals surface area contributed by atoms with Crippen LogP contribution in [0.3, 0.4) is 0 Å². The van der Waals surface area contributed by atoms with Crippen LogP contribution in [-0.2, 0) is 9.59 Å². The second-order valence-corrected chi connectivity index (χ2v) is 3.21. The number of rotatable bonds is 6. The maximum Gasteiger partial charge on any atom is 0.207 e. The van der Waals surface area contributed by atoms with Crippen molar-refractivity contribution in [3.05, 3.63) is 0 Å². The highest BCUT2D eigenvalue weighted by molar-refractivity contribution is 7.98. The first kappa shape index (κ1) is 10.5. The molecule has 0 heterocycles. The van der Waals surface area contributed by atoms with Crippen molar-refractivity contribution in [2.45, 2.75) is 19.4 Å². The van der Waals surface area contributed by atoms with Gasteiger partial charge in [-0.3, -0.25) is 9.59 Å². The highest BCUT2D eigenvalue weighted by Crippen LogP contribution is 2.00. The summed E-state index contributed by atoms with van der Waals surface area (Å²) in [6, 6.07) is -0.292. The minimum atomic E-state index is -0.292. The lowest BCUT2D eigenvalue weighted by Crippen LogP contribution is -2.34. The van der Waals surface area contributed by atoms with Gasteiger partial charge in [-0.2, -0.15) is 11.8 Å². The second-order valence-electron chi connectivity index (χ2n) is 2.23. The van der Waals surface area contributed by atoms with Crippen molar-refractivity contribution in [2.24, 2.45) is 0 Å². The zero-order chi connectivity index (χ0) is 8.69. The Morgan fingerprint density at radius 2 is 2.36 bits per heavy atom. The van der Waals surface area contributed by atoms with E-state index in [9.17, 15) is 9.59 Å². The maximum atomic E-state index is 10.8. The molecule has 0 aliphatic carbocycles. The van der Waals surface area contributed by atoms with Crippen molar-refractivity contribution in [3.8, 4) is 0 Å². The van der Waals surface area contributed by atoms with Gasteiger partial charge in [-0.1, -0.05) is 0 Å². The number of hydrogen-bond donors (Lipinski definition) is 1. The van der Waals surface area contributed by atoms with Crippen molar-refractivity contribution in [1.29, 1.82) is 0 Å². The van der Waals surface area contributed by atoms with Crippen molar-refractivity contribution in [2.75, 3.05) is 12.0 Å². The largest absolute Gasteiger partial charge is 0.349 e. The fourth-order valence-corrected chi connectivity index (χ4v) is 1.19. The predicted octanol–water partition coefficient (Wildman–Crippen LogP) is 0.443. The average molecular weight is 175 g/mol. The van der Waals surface area contributed by atoms with E-state index in [1.807, 2.05) is 6.26 Å². The molecule has 0 aromatic carbocycles. The smallest absolute Gasteiger partial charge is 0.207 e. The quantitative estimate of drug-likeness (QED) is 0.596.